The van der Waals surface area contributed by atoms with Crippen LogP contribution in [0.25, 0.3) is 0 Å². The molecular weight excluding hydrogens is 672 g/mol. The Morgan fingerprint density at radius 1 is 0.553 bits per heavy atom. The quantitative estimate of drug-likeness (QED) is 0.0941. The molecule has 47 heavy (non-hydrogen) atoms. The van der Waals surface area contributed by atoms with Gasteiger partial charge in [0.1, 0.15) is 97.7 Å². The van der Waals surface area contributed by atoms with Crippen LogP contribution in [0.15, 0.2) is 0 Å². The fourth-order valence-corrected chi connectivity index (χ4v) is 7.03. The number of aliphatic hydroxyl groups is 9. The van der Waals surface area contributed by atoms with Crippen LogP contribution in [-0.2, 0) is 57.2 Å². The highest BCUT2D eigenvalue weighted by Crippen LogP contribution is 2.38. The van der Waals surface area contributed by atoms with Crippen LogP contribution in [0.3, 0.4) is 0 Å². The zero-order valence-corrected chi connectivity index (χ0v) is 25.0. The van der Waals surface area contributed by atoms with E-state index in [1.54, 1.807) is 0 Å². The SMILES string of the molecule is O=S(=O)(O)O[C@@H]1[C@H](O[C@H]2O[C@@H]3CO[C@H]([C@H]2O)[C@H]3O[C@@H]2O[C@H](CO)[C@H](O)[C@H](O[C@H]3O[C@@H]4CO[C@H]([C@H]3O)[C@@H]4O)[C@H]2O)[C@@H](O)[C@H](O)O[C@@H]1CO. The van der Waals surface area contributed by atoms with E-state index in [0.717, 1.165) is 0 Å². The van der Waals surface area contributed by atoms with Crippen molar-refractivity contribution < 1.29 is 106 Å². The molecule has 0 saturated carbocycles. The third kappa shape index (κ3) is 6.93. The molecule has 4 bridgehead atoms. The molecule has 0 spiro atoms. The van der Waals surface area contributed by atoms with Crippen LogP contribution >= 0.6 is 0 Å². The van der Waals surface area contributed by atoms with E-state index in [4.69, 9.17) is 42.6 Å². The Bertz CT molecular complexity index is 1180. The molecule has 0 aromatic rings. The fourth-order valence-electron chi connectivity index (χ4n) is 6.52. The molecule has 10 N–H and O–H groups in total. The molecule has 0 aromatic heterocycles. The zero-order chi connectivity index (χ0) is 33.9. The van der Waals surface area contributed by atoms with Gasteiger partial charge in [-0.25, -0.2) is 4.18 Å². The molecule has 0 amide bonds. The molecule has 0 aromatic carbocycles. The molecule has 6 heterocycles. The largest absolute Gasteiger partial charge is 0.397 e. The lowest BCUT2D eigenvalue weighted by Crippen LogP contribution is -2.66. The van der Waals surface area contributed by atoms with Crippen molar-refractivity contribution in [1.29, 1.82) is 0 Å². The molecule has 23 heteroatoms. The van der Waals surface area contributed by atoms with Gasteiger partial charge in [0, 0.05) is 0 Å². The summed E-state index contributed by atoms with van der Waals surface area (Å²) in [4.78, 5) is 0. The van der Waals surface area contributed by atoms with E-state index in [0.29, 0.717) is 0 Å². The summed E-state index contributed by atoms with van der Waals surface area (Å²) in [5.74, 6) is 0. The fraction of sp³-hybridized carbons (Fsp3) is 1.00. The lowest BCUT2D eigenvalue weighted by Gasteiger charge is -2.47. The van der Waals surface area contributed by atoms with Crippen molar-refractivity contribution in [3.8, 4) is 0 Å². The Morgan fingerprint density at radius 2 is 1.11 bits per heavy atom. The number of hydrogen-bond donors (Lipinski definition) is 10. The Labute approximate surface area is 265 Å². The van der Waals surface area contributed by atoms with Gasteiger partial charge in [0.2, 0.25) is 0 Å². The van der Waals surface area contributed by atoms with Gasteiger partial charge in [-0.2, -0.15) is 8.42 Å². The minimum Gasteiger partial charge on any atom is -0.394 e. The van der Waals surface area contributed by atoms with Gasteiger partial charge in [0.25, 0.3) is 0 Å². The van der Waals surface area contributed by atoms with E-state index in [9.17, 15) is 58.9 Å². The molecular formula is C24H38O22S. The molecule has 272 valence electrons. The smallest absolute Gasteiger partial charge is 0.394 e. The van der Waals surface area contributed by atoms with Crippen molar-refractivity contribution in [2.75, 3.05) is 26.4 Å². The van der Waals surface area contributed by atoms with Crippen LogP contribution in [0.1, 0.15) is 0 Å². The second-order valence-corrected chi connectivity index (χ2v) is 12.9. The zero-order valence-electron chi connectivity index (χ0n) is 24.2. The topological polar surface area (TPSA) is 329 Å². The van der Waals surface area contributed by atoms with Crippen LogP contribution in [0.4, 0.5) is 0 Å². The highest BCUT2D eigenvalue weighted by Gasteiger charge is 2.59. The number of ether oxygens (including phenoxy) is 9. The molecule has 6 rings (SSSR count). The summed E-state index contributed by atoms with van der Waals surface area (Å²) in [6, 6.07) is 0. The second kappa shape index (κ2) is 14.0. The number of hydrogen-bond acceptors (Lipinski definition) is 21. The molecule has 0 unspecified atom stereocenters. The molecule has 6 aliphatic heterocycles. The molecule has 6 aliphatic rings. The maximum Gasteiger partial charge on any atom is 0.397 e. The number of fused-ring (bicyclic) bond motifs is 4. The van der Waals surface area contributed by atoms with Crippen molar-refractivity contribution in [2.24, 2.45) is 0 Å². The molecule has 0 aliphatic carbocycles. The lowest BCUT2D eigenvalue weighted by molar-refractivity contribution is -0.371. The van der Waals surface area contributed by atoms with Gasteiger partial charge in [-0.3, -0.25) is 4.55 Å². The average Bonchev–Trinajstić information content (AvgIpc) is 3.48. The monoisotopic (exact) mass is 710 g/mol. The summed E-state index contributed by atoms with van der Waals surface area (Å²) < 4.78 is 86.6. The summed E-state index contributed by atoms with van der Waals surface area (Å²) in [6.07, 6.45) is -30.5. The number of rotatable bonds is 10. The van der Waals surface area contributed by atoms with E-state index >= 15 is 0 Å². The van der Waals surface area contributed by atoms with E-state index < -0.39 is 146 Å². The summed E-state index contributed by atoms with van der Waals surface area (Å²) in [5, 5.41) is 93.7. The van der Waals surface area contributed by atoms with Crippen LogP contribution in [0, 0.1) is 0 Å². The van der Waals surface area contributed by atoms with Gasteiger partial charge in [-0.1, -0.05) is 0 Å². The number of aliphatic hydroxyl groups excluding tert-OH is 9. The first kappa shape index (κ1) is 36.0. The van der Waals surface area contributed by atoms with Crippen molar-refractivity contribution in [3.63, 3.8) is 0 Å². The minimum atomic E-state index is -5.20. The Kier molecular flexibility index (Phi) is 10.7. The van der Waals surface area contributed by atoms with E-state index in [2.05, 4.69) is 4.18 Å². The van der Waals surface area contributed by atoms with E-state index in [1.165, 1.54) is 0 Å². The predicted octanol–water partition coefficient (Wildman–Crippen LogP) is -7.83. The van der Waals surface area contributed by atoms with Crippen molar-refractivity contribution in [3.05, 3.63) is 0 Å². The highest BCUT2D eigenvalue weighted by molar-refractivity contribution is 7.80. The van der Waals surface area contributed by atoms with E-state index in [1.807, 2.05) is 0 Å². The Balaban J connectivity index is 1.14. The van der Waals surface area contributed by atoms with Gasteiger partial charge in [0.05, 0.1) is 26.4 Å². The van der Waals surface area contributed by atoms with Gasteiger partial charge >= 0.3 is 10.4 Å². The first-order valence-corrected chi connectivity index (χ1v) is 16.0. The molecule has 20 atom stereocenters. The van der Waals surface area contributed by atoms with Crippen LogP contribution in [0.2, 0.25) is 0 Å². The highest BCUT2D eigenvalue weighted by atomic mass is 32.3. The van der Waals surface area contributed by atoms with Gasteiger partial charge in [-0.05, 0) is 0 Å². The van der Waals surface area contributed by atoms with Crippen molar-refractivity contribution in [2.45, 2.75) is 123 Å². The second-order valence-electron chi connectivity index (χ2n) is 11.9. The third-order valence-electron chi connectivity index (χ3n) is 8.90. The first-order valence-electron chi connectivity index (χ1n) is 14.7. The van der Waals surface area contributed by atoms with E-state index in [-0.39, 0.29) is 13.2 Å². The van der Waals surface area contributed by atoms with Crippen molar-refractivity contribution >= 4 is 10.4 Å². The van der Waals surface area contributed by atoms with Crippen LogP contribution < -0.4 is 0 Å². The standard InChI is InChI=1S/C24H38O22S/c25-1-5-9(27)18(44-22-12(30)17-10(28)7(41-22)3-37-17)13(31)23(40-5)43-15-8-4-38-19(15)14(32)24(42-8)45-20-11(29)21(33)39-6(2-26)16(20)46-47(34,35)36/h5-33H,1-4H2,(H,34,35,36)/t5-,6-,7-,8-,9+,10-,11-,12-,13-,14-,15+,16+,17+,18+,19-,20-,21-,22-,23+,24-/m1/s1. The lowest BCUT2D eigenvalue weighted by atomic mass is 9.96. The summed E-state index contributed by atoms with van der Waals surface area (Å²) in [7, 11) is -5.20. The molecule has 6 fully saturated rings. The minimum absolute atomic E-state index is 0.0333. The van der Waals surface area contributed by atoms with Gasteiger partial charge in [0.15, 0.2) is 25.2 Å². The summed E-state index contributed by atoms with van der Waals surface area (Å²) >= 11 is 0. The van der Waals surface area contributed by atoms with Crippen LogP contribution in [0.5, 0.6) is 0 Å². The first-order chi connectivity index (χ1) is 22.2. The van der Waals surface area contributed by atoms with Crippen LogP contribution in [-0.4, -0.2) is 208 Å². The molecule has 0 radical (unpaired) electrons. The summed E-state index contributed by atoms with van der Waals surface area (Å²) in [6.45, 7) is -1.96. The molecule has 6 saturated heterocycles. The normalized spacial score (nSPS) is 53.3. The van der Waals surface area contributed by atoms with Gasteiger partial charge in [-0.15, -0.1) is 0 Å². The predicted molar refractivity (Wildman–Crippen MR) is 138 cm³/mol. The summed E-state index contributed by atoms with van der Waals surface area (Å²) in [5.41, 5.74) is 0. The van der Waals surface area contributed by atoms with Gasteiger partial charge < -0.3 is 88.6 Å². The third-order valence-corrected chi connectivity index (χ3v) is 9.37. The Morgan fingerprint density at radius 3 is 1.77 bits per heavy atom. The maximum atomic E-state index is 11.5. The average molecular weight is 711 g/mol. The Hall–Kier alpha value is -0.850. The maximum absolute atomic E-state index is 11.5. The molecule has 22 nitrogen and oxygen atoms in total. The van der Waals surface area contributed by atoms with Crippen molar-refractivity contribution in [1.82, 2.24) is 0 Å².